The van der Waals surface area contributed by atoms with E-state index in [1.54, 1.807) is 36.4 Å². The maximum Gasteiger partial charge on any atom is 0.319 e. The molecule has 45 heavy (non-hydrogen) atoms. The third-order valence-electron chi connectivity index (χ3n) is 6.84. The number of urea groups is 3. The zero-order valence-corrected chi connectivity index (χ0v) is 25.5. The first-order valence-electron chi connectivity index (χ1n) is 14.3. The summed E-state index contributed by atoms with van der Waals surface area (Å²) in [6, 6.07) is 20.4. The van der Waals surface area contributed by atoms with Crippen molar-refractivity contribution in [2.45, 2.75) is 40.4 Å². The number of carbonyl (C=O) groups excluding carboxylic acids is 3. The lowest BCUT2D eigenvalue weighted by Gasteiger charge is -2.15. The second kappa shape index (κ2) is 14.5. The van der Waals surface area contributed by atoms with Crippen LogP contribution in [0.1, 0.15) is 33.4 Å². The first kappa shape index (κ1) is 32.0. The molecule has 12 N–H and O–H groups in total. The maximum absolute atomic E-state index is 12.6. The van der Waals surface area contributed by atoms with E-state index in [1.165, 1.54) is 0 Å². The molecule has 0 saturated carbocycles. The van der Waals surface area contributed by atoms with Gasteiger partial charge in [0.05, 0.1) is 34.1 Å². The molecule has 4 aromatic rings. The number of aryl methyl sites for hydroxylation is 3. The van der Waals surface area contributed by atoms with Gasteiger partial charge in [0.15, 0.2) is 0 Å². The van der Waals surface area contributed by atoms with Gasteiger partial charge >= 0.3 is 18.1 Å². The average Bonchev–Trinajstić information content (AvgIpc) is 2.98. The molecular formula is C33H39N9O3. The molecule has 0 atom stereocenters. The second-order valence-electron chi connectivity index (χ2n) is 10.9. The minimum Gasteiger partial charge on any atom is -0.397 e. The van der Waals surface area contributed by atoms with Crippen molar-refractivity contribution in [2.24, 2.45) is 0 Å². The Morgan fingerprint density at radius 2 is 0.733 bits per heavy atom. The lowest BCUT2D eigenvalue weighted by Crippen LogP contribution is -2.30. The number of hydrogen-bond acceptors (Lipinski definition) is 6. The van der Waals surface area contributed by atoms with Gasteiger partial charge in [-0.25, -0.2) is 14.4 Å². The van der Waals surface area contributed by atoms with E-state index in [4.69, 9.17) is 17.2 Å². The Hall–Kier alpha value is -5.91. The van der Waals surface area contributed by atoms with E-state index < -0.39 is 18.1 Å². The van der Waals surface area contributed by atoms with Gasteiger partial charge in [-0.15, -0.1) is 0 Å². The normalized spacial score (nSPS) is 10.5. The van der Waals surface area contributed by atoms with Crippen LogP contribution in [0.3, 0.4) is 0 Å². The highest BCUT2D eigenvalue weighted by molar-refractivity contribution is 5.94. The van der Waals surface area contributed by atoms with Crippen molar-refractivity contribution in [2.75, 3.05) is 33.2 Å². The van der Waals surface area contributed by atoms with Crippen molar-refractivity contribution in [3.63, 3.8) is 0 Å². The fourth-order valence-corrected chi connectivity index (χ4v) is 4.58. The second-order valence-corrected chi connectivity index (χ2v) is 10.9. The molecule has 0 aliphatic heterocycles. The molecule has 12 nitrogen and oxygen atoms in total. The van der Waals surface area contributed by atoms with Crippen LogP contribution in [-0.2, 0) is 19.6 Å². The molecule has 12 heteroatoms. The van der Waals surface area contributed by atoms with Crippen molar-refractivity contribution in [1.29, 1.82) is 0 Å². The summed E-state index contributed by atoms with van der Waals surface area (Å²) in [5.41, 5.74) is 26.2. The zero-order chi connectivity index (χ0) is 32.5. The van der Waals surface area contributed by atoms with Gasteiger partial charge in [0.2, 0.25) is 0 Å². The largest absolute Gasteiger partial charge is 0.397 e. The van der Waals surface area contributed by atoms with E-state index in [0.717, 1.165) is 33.4 Å². The summed E-state index contributed by atoms with van der Waals surface area (Å²) >= 11 is 0. The molecule has 234 valence electrons. The van der Waals surface area contributed by atoms with E-state index in [-0.39, 0.29) is 19.6 Å². The number of benzene rings is 4. The van der Waals surface area contributed by atoms with Crippen molar-refractivity contribution < 1.29 is 14.4 Å². The standard InChI is InChI=1S/C33H39N9O3/c1-19-4-7-28(25(34)10-19)40-31(43)37-16-22-13-23(17-38-32(44)41-29-8-5-20(2)11-26(29)35)15-24(14-22)18-39-33(45)42-30-9-6-21(3)12-27(30)36/h4-15H,16-18,34-36H2,1-3H3,(H2,37,40,43)(H2,38,41,44)(H2,39,42,45). The minimum absolute atomic E-state index is 0.177. The molecule has 0 spiro atoms. The number of rotatable bonds is 9. The smallest absolute Gasteiger partial charge is 0.319 e. The number of nitrogen functional groups attached to an aromatic ring is 3. The number of hydrogen-bond donors (Lipinski definition) is 9. The molecule has 0 saturated heterocycles. The Bertz CT molecular complexity index is 1510. The molecule has 4 aromatic carbocycles. The Morgan fingerprint density at radius 3 is 0.978 bits per heavy atom. The summed E-state index contributed by atoms with van der Waals surface area (Å²) < 4.78 is 0. The molecule has 0 radical (unpaired) electrons. The summed E-state index contributed by atoms with van der Waals surface area (Å²) in [4.78, 5) is 37.9. The third-order valence-corrected chi connectivity index (χ3v) is 6.84. The Morgan fingerprint density at radius 1 is 0.467 bits per heavy atom. The van der Waals surface area contributed by atoms with Gasteiger partial charge in [0, 0.05) is 19.6 Å². The summed E-state index contributed by atoms with van der Waals surface area (Å²) in [5.74, 6) is 0. The van der Waals surface area contributed by atoms with Crippen LogP contribution in [0, 0.1) is 20.8 Å². The lowest BCUT2D eigenvalue weighted by molar-refractivity contribution is 0.251. The van der Waals surface area contributed by atoms with E-state index in [9.17, 15) is 14.4 Å². The van der Waals surface area contributed by atoms with E-state index >= 15 is 0 Å². The SMILES string of the molecule is Cc1ccc(NC(=O)NCc2cc(CNC(=O)Nc3ccc(C)cc3N)cc(CNC(=O)Nc3ccc(C)cc3N)c2)c(N)c1. The number of carbonyl (C=O) groups is 3. The molecule has 4 rings (SSSR count). The average molecular weight is 610 g/mol. The third kappa shape index (κ3) is 9.55. The van der Waals surface area contributed by atoms with Crippen LogP contribution in [0.15, 0.2) is 72.8 Å². The summed E-state index contributed by atoms with van der Waals surface area (Å²) in [6.07, 6.45) is 0. The molecule has 0 heterocycles. The first-order valence-corrected chi connectivity index (χ1v) is 14.3. The van der Waals surface area contributed by atoms with Gasteiger partial charge < -0.3 is 49.1 Å². The highest BCUT2D eigenvalue weighted by atomic mass is 16.2. The number of nitrogens with one attached hydrogen (secondary N) is 6. The first-order chi connectivity index (χ1) is 21.4. The molecular weight excluding hydrogens is 570 g/mol. The predicted molar refractivity (Wildman–Crippen MR) is 181 cm³/mol. The van der Waals surface area contributed by atoms with Gasteiger partial charge in [0.1, 0.15) is 0 Å². The van der Waals surface area contributed by atoms with Crippen LogP contribution in [0.2, 0.25) is 0 Å². The molecule has 6 amide bonds. The van der Waals surface area contributed by atoms with Gasteiger partial charge in [-0.05, 0) is 90.6 Å². The van der Waals surface area contributed by atoms with Crippen LogP contribution >= 0.6 is 0 Å². The van der Waals surface area contributed by atoms with Gasteiger partial charge in [-0.2, -0.15) is 0 Å². The van der Waals surface area contributed by atoms with Crippen LogP contribution in [0.5, 0.6) is 0 Å². The number of nitrogens with two attached hydrogens (primary N) is 3. The lowest BCUT2D eigenvalue weighted by atomic mass is 10.1. The van der Waals surface area contributed by atoms with Crippen molar-refractivity contribution in [1.82, 2.24) is 16.0 Å². The summed E-state index contributed by atoms with van der Waals surface area (Å²) in [7, 11) is 0. The molecule has 0 unspecified atom stereocenters. The zero-order valence-electron chi connectivity index (χ0n) is 25.5. The number of anilines is 6. The van der Waals surface area contributed by atoms with Crippen LogP contribution in [0.25, 0.3) is 0 Å². The van der Waals surface area contributed by atoms with Crippen LogP contribution in [0.4, 0.5) is 48.5 Å². The van der Waals surface area contributed by atoms with Gasteiger partial charge in [-0.3, -0.25) is 0 Å². The van der Waals surface area contributed by atoms with Crippen molar-refractivity contribution >= 4 is 52.2 Å². The fourth-order valence-electron chi connectivity index (χ4n) is 4.58. The molecule has 0 aromatic heterocycles. The Balaban J connectivity index is 1.43. The van der Waals surface area contributed by atoms with Gasteiger partial charge in [-0.1, -0.05) is 36.4 Å². The van der Waals surface area contributed by atoms with Crippen LogP contribution < -0.4 is 49.1 Å². The van der Waals surface area contributed by atoms with Crippen molar-refractivity contribution in [3.05, 3.63) is 106 Å². The van der Waals surface area contributed by atoms with Gasteiger partial charge in [0.25, 0.3) is 0 Å². The highest BCUT2D eigenvalue weighted by Crippen LogP contribution is 2.21. The maximum atomic E-state index is 12.6. The monoisotopic (exact) mass is 609 g/mol. The quantitative estimate of drug-likeness (QED) is 0.115. The van der Waals surface area contributed by atoms with Crippen LogP contribution in [-0.4, -0.2) is 18.1 Å². The van der Waals surface area contributed by atoms with Crippen molar-refractivity contribution in [3.8, 4) is 0 Å². The van der Waals surface area contributed by atoms with E-state index in [0.29, 0.717) is 34.1 Å². The number of amides is 6. The van der Waals surface area contributed by atoms with E-state index in [1.807, 2.05) is 57.2 Å². The fraction of sp³-hybridized carbons (Fsp3) is 0.182. The molecule has 0 aliphatic carbocycles. The molecule has 0 bridgehead atoms. The molecule has 0 aliphatic rings. The predicted octanol–water partition coefficient (Wildman–Crippen LogP) is 5.32. The Labute approximate surface area is 262 Å². The highest BCUT2D eigenvalue weighted by Gasteiger charge is 2.11. The minimum atomic E-state index is -0.432. The summed E-state index contributed by atoms with van der Waals surface area (Å²) in [6.45, 7) is 6.27. The Kier molecular flexibility index (Phi) is 10.3. The van der Waals surface area contributed by atoms with E-state index in [2.05, 4.69) is 31.9 Å². The molecule has 0 fully saturated rings. The topological polar surface area (TPSA) is 201 Å². The summed E-state index contributed by atoms with van der Waals surface area (Å²) in [5, 5.41) is 16.7.